The van der Waals surface area contributed by atoms with Gasteiger partial charge in [-0.05, 0) is 37.5 Å². The van der Waals surface area contributed by atoms with Crippen LogP contribution in [0, 0.1) is 17.8 Å². The van der Waals surface area contributed by atoms with Crippen LogP contribution in [-0.4, -0.2) is 16.8 Å². The molecule has 1 amide bonds. The van der Waals surface area contributed by atoms with Crippen LogP contribution in [0.1, 0.15) is 57.8 Å². The Balaban J connectivity index is 1.60. The first-order chi connectivity index (χ1) is 8.76. The van der Waals surface area contributed by atoms with Crippen molar-refractivity contribution in [2.75, 3.05) is 5.33 Å². The third-order valence-corrected chi connectivity index (χ3v) is 6.49. The summed E-state index contributed by atoms with van der Waals surface area (Å²) in [5.74, 6) is 2.20. The van der Waals surface area contributed by atoms with Gasteiger partial charge in [0.25, 0.3) is 0 Å². The molecule has 3 aliphatic rings. The summed E-state index contributed by atoms with van der Waals surface area (Å²) < 4.78 is 0. The fourth-order valence-electron chi connectivity index (χ4n) is 4.25. The summed E-state index contributed by atoms with van der Waals surface area (Å²) in [6, 6.07) is 0. The molecular weight excluding hydrogens is 290 g/mol. The molecule has 3 aliphatic carbocycles. The first-order valence-corrected chi connectivity index (χ1v) is 8.76. The Hall–Kier alpha value is -0.0500. The smallest absolute Gasteiger partial charge is 0.224 e. The van der Waals surface area contributed by atoms with Crippen molar-refractivity contribution in [1.82, 2.24) is 5.32 Å². The van der Waals surface area contributed by atoms with E-state index in [0.29, 0.717) is 11.8 Å². The number of nitrogens with one attached hydrogen (secondary N) is 1. The first kappa shape index (κ1) is 13.0. The highest BCUT2D eigenvalue weighted by atomic mass is 79.9. The molecule has 0 saturated heterocycles. The second-order valence-corrected chi connectivity index (χ2v) is 7.16. The lowest BCUT2D eigenvalue weighted by atomic mass is 9.83. The molecule has 0 aromatic carbocycles. The van der Waals surface area contributed by atoms with Gasteiger partial charge in [0.1, 0.15) is 0 Å². The molecule has 0 radical (unpaired) electrons. The largest absolute Gasteiger partial charge is 0.350 e. The lowest BCUT2D eigenvalue weighted by molar-refractivity contribution is -0.125. The summed E-state index contributed by atoms with van der Waals surface area (Å²) in [5.41, 5.74) is 0.0705. The highest BCUT2D eigenvalue weighted by Gasteiger charge is 2.55. The number of rotatable bonds is 3. The van der Waals surface area contributed by atoms with Crippen LogP contribution in [0.25, 0.3) is 0 Å². The molecule has 0 spiro atoms. The Morgan fingerprint density at radius 1 is 1.06 bits per heavy atom. The predicted octanol–water partition coefficient (Wildman–Crippen LogP) is 3.64. The fourth-order valence-corrected chi connectivity index (χ4v) is 4.95. The van der Waals surface area contributed by atoms with Gasteiger partial charge < -0.3 is 5.32 Å². The summed E-state index contributed by atoms with van der Waals surface area (Å²) in [4.78, 5) is 12.5. The van der Waals surface area contributed by atoms with Crippen LogP contribution in [0.2, 0.25) is 0 Å². The van der Waals surface area contributed by atoms with Gasteiger partial charge in [0.2, 0.25) is 5.91 Å². The van der Waals surface area contributed by atoms with Gasteiger partial charge in [-0.15, -0.1) is 0 Å². The van der Waals surface area contributed by atoms with E-state index in [4.69, 9.17) is 0 Å². The van der Waals surface area contributed by atoms with Crippen molar-refractivity contribution >= 4 is 21.8 Å². The molecular formula is C15H24BrNO. The molecule has 0 bridgehead atoms. The van der Waals surface area contributed by atoms with E-state index in [1.165, 1.54) is 44.9 Å². The van der Waals surface area contributed by atoms with Crippen LogP contribution in [0.4, 0.5) is 0 Å². The summed E-state index contributed by atoms with van der Waals surface area (Å²) >= 11 is 3.63. The first-order valence-electron chi connectivity index (χ1n) is 7.64. The lowest BCUT2D eigenvalue weighted by Gasteiger charge is -2.36. The maximum absolute atomic E-state index is 12.5. The zero-order chi connectivity index (χ0) is 12.6. The molecule has 0 aromatic heterocycles. The molecule has 0 aliphatic heterocycles. The number of halogens is 1. The maximum Gasteiger partial charge on any atom is 0.224 e. The minimum Gasteiger partial charge on any atom is -0.350 e. The highest BCUT2D eigenvalue weighted by molar-refractivity contribution is 9.09. The molecule has 0 aromatic rings. The molecule has 0 heterocycles. The maximum atomic E-state index is 12.5. The van der Waals surface area contributed by atoms with Gasteiger partial charge in [-0.2, -0.15) is 0 Å². The predicted molar refractivity (Wildman–Crippen MR) is 76.7 cm³/mol. The summed E-state index contributed by atoms with van der Waals surface area (Å²) in [6.07, 6.45) is 11.5. The van der Waals surface area contributed by atoms with E-state index in [1.807, 2.05) is 0 Å². The Labute approximate surface area is 118 Å². The van der Waals surface area contributed by atoms with Crippen molar-refractivity contribution in [3.63, 3.8) is 0 Å². The Bertz CT molecular complexity index is 312. The van der Waals surface area contributed by atoms with Crippen molar-refractivity contribution in [1.29, 1.82) is 0 Å². The molecule has 102 valence electrons. The van der Waals surface area contributed by atoms with E-state index in [-0.39, 0.29) is 5.54 Å². The van der Waals surface area contributed by atoms with Gasteiger partial charge in [0, 0.05) is 16.8 Å². The standard InChI is InChI=1S/C15H24BrNO/c16-10-15(8-4-1-5-9-15)17-14(18)13-11-6-2-3-7-12(11)13/h11-13H,1-10H2,(H,17,18). The zero-order valence-corrected chi connectivity index (χ0v) is 12.7. The van der Waals surface area contributed by atoms with Gasteiger partial charge in [-0.3, -0.25) is 4.79 Å². The summed E-state index contributed by atoms with van der Waals surface area (Å²) in [5, 5.41) is 4.34. The third-order valence-electron chi connectivity index (χ3n) is 5.41. The molecule has 3 heteroatoms. The molecule has 1 N–H and O–H groups in total. The van der Waals surface area contributed by atoms with Gasteiger partial charge in [0.15, 0.2) is 0 Å². The number of fused-ring (bicyclic) bond motifs is 1. The Morgan fingerprint density at radius 3 is 2.22 bits per heavy atom. The topological polar surface area (TPSA) is 29.1 Å². The average Bonchev–Trinajstić information content (AvgIpc) is 3.14. The zero-order valence-electron chi connectivity index (χ0n) is 11.1. The van der Waals surface area contributed by atoms with Gasteiger partial charge in [0.05, 0.1) is 0 Å². The lowest BCUT2D eigenvalue weighted by Crippen LogP contribution is -2.52. The van der Waals surface area contributed by atoms with Crippen molar-refractivity contribution in [2.45, 2.75) is 63.3 Å². The van der Waals surface area contributed by atoms with Crippen molar-refractivity contribution in [3.05, 3.63) is 0 Å². The van der Waals surface area contributed by atoms with Gasteiger partial charge >= 0.3 is 0 Å². The van der Waals surface area contributed by atoms with Crippen LogP contribution in [0.3, 0.4) is 0 Å². The van der Waals surface area contributed by atoms with Crippen LogP contribution in [-0.2, 0) is 4.79 Å². The molecule has 18 heavy (non-hydrogen) atoms. The van der Waals surface area contributed by atoms with Crippen LogP contribution in [0.15, 0.2) is 0 Å². The second-order valence-electron chi connectivity index (χ2n) is 6.60. The number of carbonyl (C=O) groups is 1. The molecule has 3 fully saturated rings. The number of carbonyl (C=O) groups excluding carboxylic acids is 1. The van der Waals surface area contributed by atoms with E-state index in [9.17, 15) is 4.79 Å². The molecule has 3 rings (SSSR count). The number of alkyl halides is 1. The minimum absolute atomic E-state index is 0.0705. The monoisotopic (exact) mass is 313 g/mol. The van der Waals surface area contributed by atoms with Gasteiger partial charge in [-0.25, -0.2) is 0 Å². The highest BCUT2D eigenvalue weighted by Crippen LogP contribution is 2.55. The minimum atomic E-state index is 0.0705. The van der Waals surface area contributed by atoms with E-state index in [2.05, 4.69) is 21.2 Å². The Morgan fingerprint density at radius 2 is 1.67 bits per heavy atom. The van der Waals surface area contributed by atoms with Crippen LogP contribution >= 0.6 is 15.9 Å². The van der Waals surface area contributed by atoms with E-state index >= 15 is 0 Å². The fraction of sp³-hybridized carbons (Fsp3) is 0.933. The SMILES string of the molecule is O=C(NC1(CBr)CCCCC1)C1C2CCCCC21. The number of hydrogen-bond acceptors (Lipinski definition) is 1. The Kier molecular flexibility index (Phi) is 3.70. The van der Waals surface area contributed by atoms with Crippen molar-refractivity contribution < 1.29 is 4.79 Å². The van der Waals surface area contributed by atoms with Gasteiger partial charge in [-0.1, -0.05) is 48.0 Å². The van der Waals surface area contributed by atoms with Crippen molar-refractivity contribution in [2.24, 2.45) is 17.8 Å². The molecule has 3 saturated carbocycles. The molecule has 2 atom stereocenters. The van der Waals surface area contributed by atoms with E-state index in [1.54, 1.807) is 0 Å². The quantitative estimate of drug-likeness (QED) is 0.792. The average molecular weight is 314 g/mol. The van der Waals surface area contributed by atoms with Crippen LogP contribution in [0.5, 0.6) is 0 Å². The van der Waals surface area contributed by atoms with E-state index in [0.717, 1.165) is 30.0 Å². The third kappa shape index (κ3) is 2.35. The van der Waals surface area contributed by atoms with Crippen LogP contribution < -0.4 is 5.32 Å². The molecule has 2 unspecified atom stereocenters. The normalized spacial score (nSPS) is 37.7. The second kappa shape index (κ2) is 5.15. The summed E-state index contributed by atoms with van der Waals surface area (Å²) in [7, 11) is 0. The van der Waals surface area contributed by atoms with E-state index < -0.39 is 0 Å². The molecule has 2 nitrogen and oxygen atoms in total. The van der Waals surface area contributed by atoms with Crippen molar-refractivity contribution in [3.8, 4) is 0 Å². The number of amides is 1. The number of hydrogen-bond donors (Lipinski definition) is 1. The summed E-state index contributed by atoms with van der Waals surface area (Å²) in [6.45, 7) is 0.